The molecule has 6 nitrogen and oxygen atoms in total. The van der Waals surface area contributed by atoms with Crippen LogP contribution in [0.15, 0.2) is 36.7 Å². The molecule has 2 N–H and O–H groups in total. The lowest BCUT2D eigenvalue weighted by atomic mass is 10.2. The molecule has 0 radical (unpaired) electrons. The maximum atomic E-state index is 12.1. The van der Waals surface area contributed by atoms with E-state index >= 15 is 0 Å². The second-order valence-corrected chi connectivity index (χ2v) is 4.70. The smallest absolute Gasteiger partial charge is 0.247 e. The first kappa shape index (κ1) is 12.4. The van der Waals surface area contributed by atoms with Crippen molar-refractivity contribution < 1.29 is 4.79 Å². The van der Waals surface area contributed by atoms with Crippen molar-refractivity contribution in [3.05, 3.63) is 48.1 Å². The Hall–Kier alpha value is -2.63. The highest BCUT2D eigenvalue weighted by Gasteiger charge is 2.19. The summed E-state index contributed by atoms with van der Waals surface area (Å²) in [5.41, 5.74) is 7.28. The van der Waals surface area contributed by atoms with Gasteiger partial charge in [-0.05, 0) is 23.8 Å². The molecule has 0 bridgehead atoms. The van der Waals surface area contributed by atoms with Gasteiger partial charge in [0.25, 0.3) is 0 Å². The Labute approximate surface area is 116 Å². The number of amides is 1. The maximum Gasteiger partial charge on any atom is 0.247 e. The van der Waals surface area contributed by atoms with Gasteiger partial charge < -0.3 is 15.2 Å². The summed E-state index contributed by atoms with van der Waals surface area (Å²) in [6.07, 6.45) is 5.07. The molecule has 0 unspecified atom stereocenters. The van der Waals surface area contributed by atoms with Crippen molar-refractivity contribution >= 4 is 17.7 Å². The van der Waals surface area contributed by atoms with Crippen LogP contribution in [-0.4, -0.2) is 32.1 Å². The first-order valence-corrected chi connectivity index (χ1v) is 6.41. The Bertz CT molecular complexity index is 644. The predicted molar refractivity (Wildman–Crippen MR) is 75.3 cm³/mol. The standard InChI is InChI=1S/C14H15N5O/c15-12-4-1-11(2-5-12)3-6-14(20)18-7-8-19-10-16-17-13(19)9-18/h1-6,10H,7-9,15H2/b6-3+. The van der Waals surface area contributed by atoms with E-state index in [9.17, 15) is 4.79 Å². The Morgan fingerprint density at radius 3 is 2.85 bits per heavy atom. The fraction of sp³-hybridized carbons (Fsp3) is 0.214. The van der Waals surface area contributed by atoms with E-state index in [0.29, 0.717) is 18.8 Å². The molecule has 1 aromatic heterocycles. The van der Waals surface area contributed by atoms with Crippen molar-refractivity contribution in [3.8, 4) is 0 Å². The van der Waals surface area contributed by atoms with Crippen LogP contribution < -0.4 is 5.73 Å². The minimum absolute atomic E-state index is 0.0175. The van der Waals surface area contributed by atoms with Crippen molar-refractivity contribution in [2.45, 2.75) is 13.1 Å². The number of hydrogen-bond acceptors (Lipinski definition) is 4. The van der Waals surface area contributed by atoms with Gasteiger partial charge in [0.15, 0.2) is 5.82 Å². The van der Waals surface area contributed by atoms with Gasteiger partial charge in [0.2, 0.25) is 5.91 Å². The Morgan fingerprint density at radius 1 is 1.25 bits per heavy atom. The highest BCUT2D eigenvalue weighted by Crippen LogP contribution is 2.11. The molecule has 0 spiro atoms. The van der Waals surface area contributed by atoms with Crippen molar-refractivity contribution in [2.24, 2.45) is 0 Å². The molecule has 0 aliphatic carbocycles. The maximum absolute atomic E-state index is 12.1. The summed E-state index contributed by atoms with van der Waals surface area (Å²) < 4.78 is 1.97. The van der Waals surface area contributed by atoms with Gasteiger partial charge in [-0.3, -0.25) is 4.79 Å². The van der Waals surface area contributed by atoms with E-state index in [1.165, 1.54) is 0 Å². The average molecular weight is 269 g/mol. The molecule has 1 aliphatic heterocycles. The number of benzene rings is 1. The highest BCUT2D eigenvalue weighted by atomic mass is 16.2. The Kier molecular flexibility index (Phi) is 3.20. The Balaban J connectivity index is 1.67. The third-order valence-electron chi connectivity index (χ3n) is 3.31. The molecule has 2 heterocycles. The number of aromatic nitrogens is 3. The van der Waals surface area contributed by atoms with Gasteiger partial charge in [0.05, 0.1) is 6.54 Å². The zero-order valence-electron chi connectivity index (χ0n) is 10.9. The number of hydrogen-bond donors (Lipinski definition) is 1. The summed E-state index contributed by atoms with van der Waals surface area (Å²) in [6, 6.07) is 7.39. The van der Waals surface area contributed by atoms with Crippen LogP contribution in [-0.2, 0) is 17.9 Å². The van der Waals surface area contributed by atoms with Crippen LogP contribution in [0.5, 0.6) is 0 Å². The summed E-state index contributed by atoms with van der Waals surface area (Å²) >= 11 is 0. The molecular weight excluding hydrogens is 254 g/mol. The lowest BCUT2D eigenvalue weighted by molar-refractivity contribution is -0.127. The molecule has 0 saturated heterocycles. The number of carbonyl (C=O) groups excluding carboxylic acids is 1. The van der Waals surface area contributed by atoms with Crippen LogP contribution in [0.1, 0.15) is 11.4 Å². The van der Waals surface area contributed by atoms with Gasteiger partial charge in [-0.25, -0.2) is 0 Å². The highest BCUT2D eigenvalue weighted by molar-refractivity contribution is 5.91. The summed E-state index contributed by atoms with van der Waals surface area (Å²) in [5.74, 6) is 0.807. The van der Waals surface area contributed by atoms with E-state index in [4.69, 9.17) is 5.73 Å². The quantitative estimate of drug-likeness (QED) is 0.649. The number of nitrogen functional groups attached to an aromatic ring is 1. The molecule has 0 fully saturated rings. The number of anilines is 1. The summed E-state index contributed by atoms with van der Waals surface area (Å²) in [5, 5.41) is 7.84. The average Bonchev–Trinajstić information content (AvgIpc) is 2.93. The van der Waals surface area contributed by atoms with Gasteiger partial charge in [-0.15, -0.1) is 10.2 Å². The van der Waals surface area contributed by atoms with Gasteiger partial charge in [-0.2, -0.15) is 0 Å². The lowest BCUT2D eigenvalue weighted by Crippen LogP contribution is -2.37. The number of fused-ring (bicyclic) bond motifs is 1. The molecule has 1 aromatic carbocycles. The van der Waals surface area contributed by atoms with Crippen LogP contribution in [0.3, 0.4) is 0 Å². The minimum atomic E-state index is -0.0175. The lowest BCUT2D eigenvalue weighted by Gasteiger charge is -2.25. The minimum Gasteiger partial charge on any atom is -0.399 e. The predicted octanol–water partition coefficient (Wildman–Crippen LogP) is 0.916. The number of nitrogens with zero attached hydrogens (tertiary/aromatic N) is 4. The summed E-state index contributed by atoms with van der Waals surface area (Å²) in [7, 11) is 0. The normalized spacial score (nSPS) is 14.5. The van der Waals surface area contributed by atoms with Crippen molar-refractivity contribution in [2.75, 3.05) is 12.3 Å². The first-order chi connectivity index (χ1) is 9.72. The van der Waals surface area contributed by atoms with E-state index in [2.05, 4.69) is 10.2 Å². The van der Waals surface area contributed by atoms with Crippen LogP contribution in [0.4, 0.5) is 5.69 Å². The van der Waals surface area contributed by atoms with Crippen LogP contribution in [0.2, 0.25) is 0 Å². The van der Waals surface area contributed by atoms with Gasteiger partial charge >= 0.3 is 0 Å². The summed E-state index contributed by atoms with van der Waals surface area (Å²) in [6.45, 7) is 1.92. The van der Waals surface area contributed by atoms with E-state index in [1.54, 1.807) is 23.4 Å². The summed E-state index contributed by atoms with van der Waals surface area (Å²) in [4.78, 5) is 13.9. The van der Waals surface area contributed by atoms with E-state index in [-0.39, 0.29) is 5.91 Å². The topological polar surface area (TPSA) is 77.0 Å². The molecule has 1 aliphatic rings. The molecule has 1 amide bonds. The van der Waals surface area contributed by atoms with E-state index in [1.807, 2.05) is 28.8 Å². The largest absolute Gasteiger partial charge is 0.399 e. The molecule has 102 valence electrons. The monoisotopic (exact) mass is 269 g/mol. The molecule has 0 atom stereocenters. The zero-order valence-corrected chi connectivity index (χ0v) is 10.9. The van der Waals surface area contributed by atoms with Crippen molar-refractivity contribution in [1.82, 2.24) is 19.7 Å². The third kappa shape index (κ3) is 2.54. The number of carbonyl (C=O) groups is 1. The van der Waals surface area contributed by atoms with Gasteiger partial charge in [-0.1, -0.05) is 12.1 Å². The fourth-order valence-electron chi connectivity index (χ4n) is 2.13. The van der Waals surface area contributed by atoms with E-state index < -0.39 is 0 Å². The van der Waals surface area contributed by atoms with Gasteiger partial charge in [0.1, 0.15) is 6.33 Å². The molecule has 3 rings (SSSR count). The van der Waals surface area contributed by atoms with E-state index in [0.717, 1.165) is 17.9 Å². The second kappa shape index (κ2) is 5.16. The van der Waals surface area contributed by atoms with Crippen LogP contribution in [0, 0.1) is 0 Å². The Morgan fingerprint density at radius 2 is 2.05 bits per heavy atom. The van der Waals surface area contributed by atoms with Crippen LogP contribution >= 0.6 is 0 Å². The van der Waals surface area contributed by atoms with Gasteiger partial charge in [0, 0.05) is 24.9 Å². The zero-order chi connectivity index (χ0) is 13.9. The molecule has 20 heavy (non-hydrogen) atoms. The molecule has 6 heteroatoms. The SMILES string of the molecule is Nc1ccc(/C=C/C(=O)N2CCn3cnnc3C2)cc1. The molecule has 0 saturated carbocycles. The van der Waals surface area contributed by atoms with Crippen LogP contribution in [0.25, 0.3) is 6.08 Å². The number of rotatable bonds is 2. The van der Waals surface area contributed by atoms with Crippen molar-refractivity contribution in [1.29, 1.82) is 0 Å². The van der Waals surface area contributed by atoms with Crippen molar-refractivity contribution in [3.63, 3.8) is 0 Å². The fourth-order valence-corrected chi connectivity index (χ4v) is 2.13. The third-order valence-corrected chi connectivity index (χ3v) is 3.31. The second-order valence-electron chi connectivity index (χ2n) is 4.70. The molecular formula is C14H15N5O. The first-order valence-electron chi connectivity index (χ1n) is 6.41. The number of nitrogens with two attached hydrogens (primary N) is 1. The molecule has 2 aromatic rings.